The summed E-state index contributed by atoms with van der Waals surface area (Å²) in [6, 6.07) is 9.00. The van der Waals surface area contributed by atoms with Crippen LogP contribution in [0.1, 0.15) is 11.3 Å². The second-order valence-corrected chi connectivity index (χ2v) is 3.50. The molecule has 0 saturated heterocycles. The van der Waals surface area contributed by atoms with Crippen molar-refractivity contribution in [1.82, 2.24) is 0 Å². The number of hydrogen-bond donors (Lipinski definition) is 3. The fourth-order valence-electron chi connectivity index (χ4n) is 1.45. The highest BCUT2D eigenvalue weighted by molar-refractivity contribution is 5.55. The molecule has 0 saturated carbocycles. The normalized spacial score (nSPS) is 10.3. The van der Waals surface area contributed by atoms with E-state index < -0.39 is 0 Å². The number of phenolic OH excluding ortho intramolecular Hbond substituents is 1. The Kier molecular flexibility index (Phi) is 3.12. The van der Waals surface area contributed by atoms with Gasteiger partial charge >= 0.3 is 0 Å². The predicted octanol–water partition coefficient (Wildman–Crippen LogP) is 2.06. The number of furan rings is 1. The molecule has 0 radical (unpaired) electrons. The van der Waals surface area contributed by atoms with Gasteiger partial charge in [-0.1, -0.05) is 12.1 Å². The van der Waals surface area contributed by atoms with Crippen LogP contribution in [0.15, 0.2) is 41.0 Å². The van der Waals surface area contributed by atoms with Crippen LogP contribution in [0.25, 0.3) is 0 Å². The molecule has 0 aliphatic rings. The van der Waals surface area contributed by atoms with Crippen LogP contribution in [-0.2, 0) is 13.1 Å². The Morgan fingerprint density at radius 1 is 1.31 bits per heavy atom. The predicted molar refractivity (Wildman–Crippen MR) is 62.0 cm³/mol. The third-order valence-corrected chi connectivity index (χ3v) is 2.30. The summed E-state index contributed by atoms with van der Waals surface area (Å²) in [6.07, 6.45) is 1.66. The van der Waals surface area contributed by atoms with E-state index >= 15 is 0 Å². The number of aromatic hydroxyl groups is 1. The Labute approximate surface area is 93.7 Å². The van der Waals surface area contributed by atoms with Crippen molar-refractivity contribution in [3.05, 3.63) is 47.9 Å². The van der Waals surface area contributed by atoms with Gasteiger partial charge in [-0.05, 0) is 18.2 Å². The minimum atomic E-state index is 0.241. The molecule has 2 aromatic rings. The van der Waals surface area contributed by atoms with Gasteiger partial charge in [-0.3, -0.25) is 0 Å². The van der Waals surface area contributed by atoms with Crippen LogP contribution in [0.2, 0.25) is 0 Å². The van der Waals surface area contributed by atoms with E-state index in [4.69, 9.17) is 10.2 Å². The molecule has 4 nitrogen and oxygen atoms in total. The van der Waals surface area contributed by atoms with Crippen molar-refractivity contribution < 1.29 is 9.52 Å². The largest absolute Gasteiger partial charge is 0.506 e. The van der Waals surface area contributed by atoms with Crippen molar-refractivity contribution in [2.24, 2.45) is 5.73 Å². The van der Waals surface area contributed by atoms with E-state index in [9.17, 15) is 5.11 Å². The summed E-state index contributed by atoms with van der Waals surface area (Å²) in [6.45, 7) is 0.998. The number of anilines is 1. The average Bonchev–Trinajstić information content (AvgIpc) is 2.76. The van der Waals surface area contributed by atoms with Crippen LogP contribution in [0.5, 0.6) is 5.75 Å². The topological polar surface area (TPSA) is 71.4 Å². The molecule has 0 aliphatic heterocycles. The zero-order chi connectivity index (χ0) is 11.4. The molecule has 4 heteroatoms. The molecule has 0 aliphatic carbocycles. The highest BCUT2D eigenvalue weighted by Crippen LogP contribution is 2.22. The number of phenols is 1. The lowest BCUT2D eigenvalue weighted by Crippen LogP contribution is -1.98. The molecule has 0 fully saturated rings. The van der Waals surface area contributed by atoms with Gasteiger partial charge in [-0.15, -0.1) is 0 Å². The number of rotatable bonds is 4. The Morgan fingerprint density at radius 2 is 2.12 bits per heavy atom. The molecule has 0 atom stereocenters. The van der Waals surface area contributed by atoms with Gasteiger partial charge in [0.25, 0.3) is 0 Å². The Bertz CT molecular complexity index is 466. The lowest BCUT2D eigenvalue weighted by molar-refractivity contribution is 0.477. The molecule has 16 heavy (non-hydrogen) atoms. The lowest BCUT2D eigenvalue weighted by Gasteiger charge is -2.05. The van der Waals surface area contributed by atoms with Crippen molar-refractivity contribution >= 4 is 5.69 Å². The maximum absolute atomic E-state index is 9.53. The fourth-order valence-corrected chi connectivity index (χ4v) is 1.45. The second-order valence-electron chi connectivity index (χ2n) is 3.50. The minimum Gasteiger partial charge on any atom is -0.506 e. The summed E-state index contributed by atoms with van der Waals surface area (Å²) in [7, 11) is 0. The summed E-state index contributed by atoms with van der Waals surface area (Å²) in [5.74, 6) is 0.999. The first-order valence-electron chi connectivity index (χ1n) is 5.08. The highest BCUT2D eigenvalue weighted by atomic mass is 16.3. The van der Waals surface area contributed by atoms with E-state index in [-0.39, 0.29) is 5.75 Å². The van der Waals surface area contributed by atoms with Gasteiger partial charge in [0.05, 0.1) is 18.5 Å². The Hall–Kier alpha value is -1.94. The van der Waals surface area contributed by atoms with Crippen LogP contribution in [-0.4, -0.2) is 5.11 Å². The molecule has 1 heterocycles. The average molecular weight is 218 g/mol. The molecule has 0 amide bonds. The Morgan fingerprint density at radius 3 is 2.81 bits per heavy atom. The van der Waals surface area contributed by atoms with E-state index in [0.717, 1.165) is 11.3 Å². The van der Waals surface area contributed by atoms with Crippen LogP contribution in [0, 0.1) is 0 Å². The van der Waals surface area contributed by atoms with Gasteiger partial charge < -0.3 is 20.6 Å². The van der Waals surface area contributed by atoms with Crippen molar-refractivity contribution in [2.75, 3.05) is 5.32 Å². The van der Waals surface area contributed by atoms with Gasteiger partial charge in [-0.2, -0.15) is 0 Å². The SMILES string of the molecule is NCc1cc(CNc2ccccc2O)co1. The molecule has 4 N–H and O–H groups in total. The van der Waals surface area contributed by atoms with E-state index in [0.29, 0.717) is 18.8 Å². The number of benzene rings is 1. The summed E-state index contributed by atoms with van der Waals surface area (Å²) >= 11 is 0. The first-order chi connectivity index (χ1) is 7.79. The molecule has 2 rings (SSSR count). The molecule has 0 spiro atoms. The maximum Gasteiger partial charge on any atom is 0.138 e. The minimum absolute atomic E-state index is 0.241. The van der Waals surface area contributed by atoms with Crippen molar-refractivity contribution in [3.8, 4) is 5.75 Å². The first kappa shape index (κ1) is 10.6. The van der Waals surface area contributed by atoms with Crippen molar-refractivity contribution in [3.63, 3.8) is 0 Å². The first-order valence-corrected chi connectivity index (χ1v) is 5.08. The van der Waals surface area contributed by atoms with E-state index in [1.807, 2.05) is 18.2 Å². The van der Waals surface area contributed by atoms with E-state index in [2.05, 4.69) is 5.32 Å². The van der Waals surface area contributed by atoms with Crippen molar-refractivity contribution in [2.45, 2.75) is 13.1 Å². The molecule has 0 bridgehead atoms. The highest BCUT2D eigenvalue weighted by Gasteiger charge is 2.02. The standard InChI is InChI=1S/C12H14N2O2/c13-6-10-5-9(8-16-10)7-14-11-3-1-2-4-12(11)15/h1-5,8,14-15H,6-7,13H2. The zero-order valence-corrected chi connectivity index (χ0v) is 8.81. The summed E-state index contributed by atoms with van der Waals surface area (Å²) < 4.78 is 5.20. The van der Waals surface area contributed by atoms with Gasteiger partial charge in [0.15, 0.2) is 0 Å². The summed E-state index contributed by atoms with van der Waals surface area (Å²) in [5.41, 5.74) is 7.15. The maximum atomic E-state index is 9.53. The molecule has 84 valence electrons. The van der Waals surface area contributed by atoms with Gasteiger partial charge in [0, 0.05) is 12.1 Å². The lowest BCUT2D eigenvalue weighted by atomic mass is 10.2. The zero-order valence-electron chi connectivity index (χ0n) is 8.81. The van der Waals surface area contributed by atoms with Crippen LogP contribution in [0.3, 0.4) is 0 Å². The monoisotopic (exact) mass is 218 g/mol. The fraction of sp³-hybridized carbons (Fsp3) is 0.167. The van der Waals surface area contributed by atoms with Gasteiger partial charge in [0.1, 0.15) is 11.5 Å². The molecular formula is C12H14N2O2. The molecular weight excluding hydrogens is 204 g/mol. The molecule has 0 unspecified atom stereocenters. The number of nitrogens with one attached hydrogen (secondary N) is 1. The van der Waals surface area contributed by atoms with Crippen LogP contribution in [0.4, 0.5) is 5.69 Å². The third-order valence-electron chi connectivity index (χ3n) is 2.30. The quantitative estimate of drug-likeness (QED) is 0.687. The number of nitrogens with two attached hydrogens (primary N) is 1. The van der Waals surface area contributed by atoms with E-state index in [1.165, 1.54) is 0 Å². The van der Waals surface area contributed by atoms with Crippen molar-refractivity contribution in [1.29, 1.82) is 0 Å². The smallest absolute Gasteiger partial charge is 0.138 e. The second kappa shape index (κ2) is 4.72. The Balaban J connectivity index is 1.99. The van der Waals surface area contributed by atoms with Crippen LogP contribution < -0.4 is 11.1 Å². The van der Waals surface area contributed by atoms with Gasteiger partial charge in [0.2, 0.25) is 0 Å². The van der Waals surface area contributed by atoms with E-state index in [1.54, 1.807) is 18.4 Å². The third kappa shape index (κ3) is 2.35. The summed E-state index contributed by atoms with van der Waals surface area (Å²) in [4.78, 5) is 0. The summed E-state index contributed by atoms with van der Waals surface area (Å²) in [5, 5.41) is 12.6. The molecule has 1 aromatic heterocycles. The molecule has 1 aromatic carbocycles. The van der Waals surface area contributed by atoms with Crippen LogP contribution >= 0.6 is 0 Å². The van der Waals surface area contributed by atoms with Gasteiger partial charge in [-0.25, -0.2) is 0 Å². The number of hydrogen-bond acceptors (Lipinski definition) is 4. The number of para-hydroxylation sites is 2.